The van der Waals surface area contributed by atoms with Crippen LogP contribution in [0.2, 0.25) is 0 Å². The largest absolute Gasteiger partial charge is 0.379 e. The molecule has 0 bridgehead atoms. The first-order valence-electron chi connectivity index (χ1n) is 13.1. The third kappa shape index (κ3) is 5.74. The lowest BCUT2D eigenvalue weighted by Gasteiger charge is -2.41. The van der Waals surface area contributed by atoms with Crippen LogP contribution in [-0.4, -0.2) is 66.6 Å². The second kappa shape index (κ2) is 10.9. The van der Waals surface area contributed by atoms with Crippen LogP contribution >= 0.6 is 0 Å². The zero-order valence-corrected chi connectivity index (χ0v) is 20.9. The van der Waals surface area contributed by atoms with Gasteiger partial charge in [-0.15, -0.1) is 0 Å². The van der Waals surface area contributed by atoms with E-state index in [4.69, 9.17) is 4.74 Å². The Balaban J connectivity index is 1.19. The lowest BCUT2D eigenvalue weighted by atomic mass is 9.78. The van der Waals surface area contributed by atoms with Crippen molar-refractivity contribution in [2.24, 2.45) is 11.3 Å². The minimum Gasteiger partial charge on any atom is -0.379 e. The molecule has 0 aliphatic carbocycles. The first kappa shape index (κ1) is 24.0. The van der Waals surface area contributed by atoms with E-state index in [0.29, 0.717) is 31.6 Å². The van der Waals surface area contributed by atoms with Gasteiger partial charge in [0.05, 0.1) is 13.2 Å². The zero-order chi connectivity index (χ0) is 24.1. The molecule has 0 spiro atoms. The molecule has 5 rings (SSSR count). The Hall–Kier alpha value is -2.76. The zero-order valence-electron chi connectivity index (χ0n) is 20.9. The van der Waals surface area contributed by atoms with Gasteiger partial charge >= 0.3 is 0 Å². The molecule has 2 fully saturated rings. The van der Waals surface area contributed by atoms with Gasteiger partial charge < -0.3 is 14.5 Å². The van der Waals surface area contributed by atoms with Crippen LogP contribution < -0.4 is 0 Å². The molecule has 1 unspecified atom stereocenters. The molecule has 2 aromatic carbocycles. The van der Waals surface area contributed by atoms with Crippen LogP contribution in [0.25, 0.3) is 10.8 Å². The van der Waals surface area contributed by atoms with E-state index in [0.717, 1.165) is 51.9 Å². The van der Waals surface area contributed by atoms with Crippen LogP contribution in [0.3, 0.4) is 0 Å². The number of carbonyl (C=O) groups is 1. The third-order valence-electron chi connectivity index (χ3n) is 7.94. The van der Waals surface area contributed by atoms with Crippen molar-refractivity contribution in [3.8, 4) is 0 Å². The molecular formula is C30H37N3O2. The first-order chi connectivity index (χ1) is 17.1. The molecule has 1 aromatic heterocycles. The Morgan fingerprint density at radius 1 is 1.06 bits per heavy atom. The number of pyridine rings is 1. The van der Waals surface area contributed by atoms with Crippen LogP contribution in [0, 0.1) is 11.3 Å². The molecule has 3 heterocycles. The Morgan fingerprint density at radius 3 is 2.71 bits per heavy atom. The average Bonchev–Trinajstić information content (AvgIpc) is 3.14. The van der Waals surface area contributed by atoms with Crippen molar-refractivity contribution in [1.29, 1.82) is 0 Å². The summed E-state index contributed by atoms with van der Waals surface area (Å²) in [7, 11) is 0. The number of fused-ring (bicyclic) bond motifs is 1. The second-order valence-electron chi connectivity index (χ2n) is 10.5. The standard InChI is InChI=1S/C30H37N3O2/c1-30(12-16-32(17-13-30)15-11-24-6-3-2-4-7-24)29(34)33-18-19-35-23-25(22-33)20-26-8-5-9-27-21-31-14-10-28(26)27/h2-10,14,21,25H,11-13,15-20,22-23H2,1H3. The lowest BCUT2D eigenvalue weighted by molar-refractivity contribution is -0.144. The first-order valence-corrected chi connectivity index (χ1v) is 13.1. The molecule has 35 heavy (non-hydrogen) atoms. The van der Waals surface area contributed by atoms with E-state index in [9.17, 15) is 4.79 Å². The minimum absolute atomic E-state index is 0.275. The van der Waals surface area contributed by atoms with Gasteiger partial charge in [-0.05, 0) is 61.4 Å². The van der Waals surface area contributed by atoms with E-state index in [-0.39, 0.29) is 5.41 Å². The Kier molecular flexibility index (Phi) is 7.45. The van der Waals surface area contributed by atoms with Crippen LogP contribution in [-0.2, 0) is 22.4 Å². The maximum Gasteiger partial charge on any atom is 0.228 e. The highest BCUT2D eigenvalue weighted by molar-refractivity contribution is 5.85. The van der Waals surface area contributed by atoms with E-state index in [1.165, 1.54) is 21.9 Å². The van der Waals surface area contributed by atoms with Gasteiger partial charge in [0.15, 0.2) is 0 Å². The van der Waals surface area contributed by atoms with Crippen LogP contribution in [0.5, 0.6) is 0 Å². The quantitative estimate of drug-likeness (QED) is 0.527. The van der Waals surface area contributed by atoms with E-state index in [2.05, 4.69) is 76.3 Å². The lowest BCUT2D eigenvalue weighted by Crippen LogP contribution is -2.50. The monoisotopic (exact) mass is 471 g/mol. The predicted molar refractivity (Wildman–Crippen MR) is 140 cm³/mol. The number of rotatable bonds is 6. The Labute approximate surface area is 209 Å². The summed E-state index contributed by atoms with van der Waals surface area (Å²) in [5, 5.41) is 2.42. The molecular weight excluding hydrogens is 434 g/mol. The molecule has 0 saturated carbocycles. The highest BCUT2D eigenvalue weighted by atomic mass is 16.5. The number of benzene rings is 2. The van der Waals surface area contributed by atoms with E-state index < -0.39 is 0 Å². The second-order valence-corrected chi connectivity index (χ2v) is 10.5. The summed E-state index contributed by atoms with van der Waals surface area (Å²) in [5.41, 5.74) is 2.42. The number of hydrogen-bond acceptors (Lipinski definition) is 4. The van der Waals surface area contributed by atoms with Crippen LogP contribution in [0.15, 0.2) is 67.0 Å². The molecule has 2 aliphatic rings. The predicted octanol–water partition coefficient (Wildman–Crippen LogP) is 4.60. The van der Waals surface area contributed by atoms with Gasteiger partial charge in [0.2, 0.25) is 5.91 Å². The number of amides is 1. The molecule has 0 N–H and O–H groups in total. The SMILES string of the molecule is CC1(C(=O)N2CCOCC(Cc3cccc4cnccc34)C2)CCN(CCc2ccccc2)CC1. The molecule has 2 saturated heterocycles. The topological polar surface area (TPSA) is 45.7 Å². The third-order valence-corrected chi connectivity index (χ3v) is 7.94. The maximum atomic E-state index is 13.8. The van der Waals surface area contributed by atoms with Crippen molar-refractivity contribution in [1.82, 2.24) is 14.8 Å². The number of aromatic nitrogens is 1. The molecule has 2 aliphatic heterocycles. The van der Waals surface area contributed by atoms with Crippen LogP contribution in [0.4, 0.5) is 0 Å². The van der Waals surface area contributed by atoms with Crippen molar-refractivity contribution in [2.75, 3.05) is 45.9 Å². The van der Waals surface area contributed by atoms with Crippen LogP contribution in [0.1, 0.15) is 30.9 Å². The molecule has 184 valence electrons. The molecule has 1 amide bonds. The van der Waals surface area contributed by atoms with Gasteiger partial charge in [0.25, 0.3) is 0 Å². The van der Waals surface area contributed by atoms with Crippen molar-refractivity contribution < 1.29 is 9.53 Å². The summed E-state index contributed by atoms with van der Waals surface area (Å²) >= 11 is 0. The van der Waals surface area contributed by atoms with Gasteiger partial charge in [-0.2, -0.15) is 0 Å². The number of carbonyl (C=O) groups excluding carboxylic acids is 1. The van der Waals surface area contributed by atoms with E-state index in [1.807, 2.05) is 12.4 Å². The van der Waals surface area contributed by atoms with Crippen molar-refractivity contribution in [3.05, 3.63) is 78.1 Å². The normalized spacial score (nSPS) is 21.1. The maximum absolute atomic E-state index is 13.8. The molecule has 3 aromatic rings. The summed E-state index contributed by atoms with van der Waals surface area (Å²) in [6.45, 7) is 8.03. The number of piperidine rings is 1. The number of hydrogen-bond donors (Lipinski definition) is 0. The molecule has 1 atom stereocenters. The van der Waals surface area contributed by atoms with Crippen molar-refractivity contribution in [3.63, 3.8) is 0 Å². The smallest absolute Gasteiger partial charge is 0.228 e. The van der Waals surface area contributed by atoms with Gasteiger partial charge in [0.1, 0.15) is 0 Å². The number of ether oxygens (including phenoxy) is 1. The Morgan fingerprint density at radius 2 is 1.89 bits per heavy atom. The van der Waals surface area contributed by atoms with E-state index >= 15 is 0 Å². The average molecular weight is 472 g/mol. The van der Waals surface area contributed by atoms with Gasteiger partial charge in [-0.1, -0.05) is 55.5 Å². The molecule has 0 radical (unpaired) electrons. The van der Waals surface area contributed by atoms with Gasteiger partial charge in [-0.3, -0.25) is 9.78 Å². The van der Waals surface area contributed by atoms with Gasteiger partial charge in [-0.25, -0.2) is 0 Å². The summed E-state index contributed by atoms with van der Waals surface area (Å²) in [6, 6.07) is 19.2. The highest BCUT2D eigenvalue weighted by Crippen LogP contribution is 2.34. The fourth-order valence-corrected chi connectivity index (χ4v) is 5.66. The van der Waals surface area contributed by atoms with E-state index in [1.54, 1.807) is 0 Å². The highest BCUT2D eigenvalue weighted by Gasteiger charge is 2.40. The number of nitrogens with zero attached hydrogens (tertiary/aromatic N) is 3. The minimum atomic E-state index is -0.275. The molecule has 5 nitrogen and oxygen atoms in total. The summed E-state index contributed by atoms with van der Waals surface area (Å²) in [6.07, 6.45) is 7.62. The van der Waals surface area contributed by atoms with Crippen molar-refractivity contribution in [2.45, 2.75) is 32.6 Å². The summed E-state index contributed by atoms with van der Waals surface area (Å²) in [4.78, 5) is 22.7. The number of likely N-dealkylation sites (tertiary alicyclic amines) is 1. The Bertz CT molecular complexity index is 1120. The fourth-order valence-electron chi connectivity index (χ4n) is 5.66. The molecule has 5 heteroatoms. The van der Waals surface area contributed by atoms with Gasteiger partial charge in [0, 0.05) is 48.7 Å². The van der Waals surface area contributed by atoms with Crippen molar-refractivity contribution >= 4 is 16.7 Å². The summed E-state index contributed by atoms with van der Waals surface area (Å²) < 4.78 is 5.97. The summed E-state index contributed by atoms with van der Waals surface area (Å²) in [5.74, 6) is 0.618. The fraction of sp³-hybridized carbons (Fsp3) is 0.467.